The quantitative estimate of drug-likeness (QED) is 0.534. The van der Waals surface area contributed by atoms with Crippen LogP contribution in [0.25, 0.3) is 10.9 Å². The number of amides is 1. The zero-order chi connectivity index (χ0) is 26.2. The number of pyridine rings is 1. The maximum Gasteiger partial charge on any atom is 0.325 e. The number of ether oxygens (including phenoxy) is 2. The number of carbonyl (C=O) groups is 2. The van der Waals surface area contributed by atoms with E-state index < -0.39 is 47.0 Å². The summed E-state index contributed by atoms with van der Waals surface area (Å²) in [5.74, 6) is -2.12. The molecule has 1 aliphatic rings. The van der Waals surface area contributed by atoms with Crippen LogP contribution in [0.4, 0.5) is 0 Å². The van der Waals surface area contributed by atoms with Gasteiger partial charge in [0.05, 0.1) is 40.7 Å². The van der Waals surface area contributed by atoms with Gasteiger partial charge < -0.3 is 19.9 Å². The van der Waals surface area contributed by atoms with Crippen LogP contribution in [0.1, 0.15) is 53.9 Å². The highest BCUT2D eigenvalue weighted by Gasteiger charge is 2.31. The average molecular weight is 486 g/mol. The standard InChI is InChI=1S/C26H22N4O6/c1-26(2,3)36-19(31)12-29-24(33)21-23(32)20-16(11-28)8-9-17-22(20)30(25(21)34)13-18(35-17)15-6-4-14(10-27)5-7-15/h4-9,18,32H,12-13H2,1-3H3,(H,29,33). The number of hydrogen-bond acceptors (Lipinski definition) is 8. The first kappa shape index (κ1) is 24.3. The fourth-order valence-corrected chi connectivity index (χ4v) is 4.03. The smallest absolute Gasteiger partial charge is 0.325 e. The summed E-state index contributed by atoms with van der Waals surface area (Å²) in [4.78, 5) is 38.5. The molecular formula is C26H22N4O6. The molecule has 0 saturated heterocycles. The van der Waals surface area contributed by atoms with Gasteiger partial charge in [-0.05, 0) is 50.6 Å². The van der Waals surface area contributed by atoms with Crippen molar-refractivity contribution in [2.24, 2.45) is 0 Å². The minimum atomic E-state index is -0.982. The Bertz CT molecular complexity index is 1540. The van der Waals surface area contributed by atoms with Crippen LogP contribution < -0.4 is 15.6 Å². The molecule has 1 unspecified atom stereocenters. The Morgan fingerprint density at radius 2 is 1.86 bits per heavy atom. The number of nitrogens with zero attached hydrogens (tertiary/aromatic N) is 3. The van der Waals surface area contributed by atoms with Gasteiger partial charge in [-0.2, -0.15) is 10.5 Å². The molecule has 0 fully saturated rings. The van der Waals surface area contributed by atoms with E-state index in [0.717, 1.165) is 0 Å². The van der Waals surface area contributed by atoms with Gasteiger partial charge >= 0.3 is 5.97 Å². The van der Waals surface area contributed by atoms with Crippen molar-refractivity contribution < 1.29 is 24.2 Å². The van der Waals surface area contributed by atoms with Crippen LogP contribution >= 0.6 is 0 Å². The Hall–Kier alpha value is -4.83. The zero-order valence-corrected chi connectivity index (χ0v) is 19.8. The molecular weight excluding hydrogens is 464 g/mol. The van der Waals surface area contributed by atoms with E-state index in [1.54, 1.807) is 45.0 Å². The molecule has 1 aliphatic heterocycles. The lowest BCUT2D eigenvalue weighted by Crippen LogP contribution is -2.39. The van der Waals surface area contributed by atoms with Crippen molar-refractivity contribution in [3.05, 3.63) is 69.0 Å². The Labute approximate surface area is 205 Å². The second-order valence-electron chi connectivity index (χ2n) is 9.20. The third kappa shape index (κ3) is 4.44. The predicted molar refractivity (Wildman–Crippen MR) is 127 cm³/mol. The molecule has 1 aromatic heterocycles. The molecule has 1 atom stereocenters. The Morgan fingerprint density at radius 3 is 2.47 bits per heavy atom. The molecule has 2 aromatic carbocycles. The number of rotatable bonds is 4. The van der Waals surface area contributed by atoms with Gasteiger partial charge in [0.15, 0.2) is 0 Å². The summed E-state index contributed by atoms with van der Waals surface area (Å²) in [6.45, 7) is 4.48. The first-order chi connectivity index (χ1) is 17.0. The average Bonchev–Trinajstić information content (AvgIpc) is 2.84. The van der Waals surface area contributed by atoms with Crippen molar-refractivity contribution in [1.29, 1.82) is 10.5 Å². The van der Waals surface area contributed by atoms with E-state index in [1.807, 2.05) is 12.1 Å². The maximum absolute atomic E-state index is 13.5. The van der Waals surface area contributed by atoms with Crippen LogP contribution in [0, 0.1) is 22.7 Å². The highest BCUT2D eigenvalue weighted by atomic mass is 16.6. The molecule has 10 nitrogen and oxygen atoms in total. The lowest BCUT2D eigenvalue weighted by Gasteiger charge is -2.29. The minimum Gasteiger partial charge on any atom is -0.506 e. The van der Waals surface area contributed by atoms with E-state index in [2.05, 4.69) is 5.32 Å². The fourth-order valence-electron chi connectivity index (χ4n) is 4.03. The van der Waals surface area contributed by atoms with Gasteiger partial charge in [-0.3, -0.25) is 19.0 Å². The van der Waals surface area contributed by atoms with E-state index in [9.17, 15) is 24.8 Å². The third-order valence-electron chi connectivity index (χ3n) is 5.53. The van der Waals surface area contributed by atoms with E-state index >= 15 is 0 Å². The molecule has 182 valence electrons. The number of carbonyl (C=O) groups excluding carboxylic acids is 2. The topological polar surface area (TPSA) is 154 Å². The summed E-state index contributed by atoms with van der Waals surface area (Å²) in [5.41, 5.74) is -0.795. The predicted octanol–water partition coefficient (Wildman–Crippen LogP) is 2.66. The first-order valence-electron chi connectivity index (χ1n) is 11.0. The van der Waals surface area contributed by atoms with Gasteiger partial charge in [0.1, 0.15) is 35.3 Å². The Morgan fingerprint density at radius 1 is 1.17 bits per heavy atom. The molecule has 36 heavy (non-hydrogen) atoms. The summed E-state index contributed by atoms with van der Waals surface area (Å²) in [5, 5.41) is 31.9. The molecule has 10 heteroatoms. The Balaban J connectivity index is 1.79. The normalized spacial score (nSPS) is 14.3. The van der Waals surface area contributed by atoms with Crippen LogP contribution in [0.2, 0.25) is 0 Å². The lowest BCUT2D eigenvalue weighted by molar-refractivity contribution is -0.153. The monoisotopic (exact) mass is 486 g/mol. The molecule has 1 amide bonds. The van der Waals surface area contributed by atoms with E-state index in [4.69, 9.17) is 14.7 Å². The summed E-state index contributed by atoms with van der Waals surface area (Å²) < 4.78 is 12.5. The molecule has 0 radical (unpaired) electrons. The van der Waals surface area contributed by atoms with Crippen LogP contribution in [0.5, 0.6) is 11.5 Å². The van der Waals surface area contributed by atoms with Gasteiger partial charge in [-0.1, -0.05) is 12.1 Å². The van der Waals surface area contributed by atoms with Crippen molar-refractivity contribution in [2.45, 2.75) is 39.0 Å². The van der Waals surface area contributed by atoms with Crippen molar-refractivity contribution in [2.75, 3.05) is 6.54 Å². The summed E-state index contributed by atoms with van der Waals surface area (Å²) in [6, 6.07) is 13.6. The van der Waals surface area contributed by atoms with Gasteiger partial charge in [0.2, 0.25) is 0 Å². The summed E-state index contributed by atoms with van der Waals surface area (Å²) in [6.07, 6.45) is -0.638. The minimum absolute atomic E-state index is 0.00436. The Kier molecular flexibility index (Phi) is 6.13. The van der Waals surface area contributed by atoms with Gasteiger partial charge in [0.25, 0.3) is 11.5 Å². The second kappa shape index (κ2) is 9.08. The van der Waals surface area contributed by atoms with Gasteiger partial charge in [-0.25, -0.2) is 0 Å². The highest BCUT2D eigenvalue weighted by molar-refractivity contribution is 6.05. The van der Waals surface area contributed by atoms with E-state index in [1.165, 1.54) is 16.7 Å². The van der Waals surface area contributed by atoms with Crippen molar-refractivity contribution >= 4 is 22.8 Å². The SMILES string of the molecule is CC(C)(C)OC(=O)CNC(=O)c1c(O)c2c(C#N)ccc3c2n(c1=O)CC(c1ccc(C#N)cc1)O3. The van der Waals surface area contributed by atoms with Gasteiger partial charge in [0, 0.05) is 0 Å². The van der Waals surface area contributed by atoms with Crippen LogP contribution in [0.3, 0.4) is 0 Å². The van der Waals surface area contributed by atoms with Crippen LogP contribution in [-0.2, 0) is 16.1 Å². The molecule has 2 heterocycles. The van der Waals surface area contributed by atoms with Crippen molar-refractivity contribution in [3.63, 3.8) is 0 Å². The van der Waals surface area contributed by atoms with Crippen LogP contribution in [-0.4, -0.2) is 33.7 Å². The number of hydrogen-bond donors (Lipinski definition) is 2. The van der Waals surface area contributed by atoms with Crippen molar-refractivity contribution in [3.8, 4) is 23.6 Å². The summed E-state index contributed by atoms with van der Waals surface area (Å²) >= 11 is 0. The molecule has 0 saturated carbocycles. The first-order valence-corrected chi connectivity index (χ1v) is 11.0. The third-order valence-corrected chi connectivity index (χ3v) is 5.53. The molecule has 3 aromatic rings. The number of esters is 1. The lowest BCUT2D eigenvalue weighted by atomic mass is 10.0. The molecule has 0 bridgehead atoms. The number of nitriles is 2. The van der Waals surface area contributed by atoms with E-state index in [0.29, 0.717) is 11.1 Å². The fraction of sp³-hybridized carbons (Fsp3) is 0.269. The number of nitrogens with one attached hydrogen (secondary N) is 1. The zero-order valence-electron chi connectivity index (χ0n) is 19.8. The van der Waals surface area contributed by atoms with E-state index in [-0.39, 0.29) is 28.8 Å². The number of benzene rings is 2. The maximum atomic E-state index is 13.5. The highest BCUT2D eigenvalue weighted by Crippen LogP contribution is 2.40. The molecule has 0 spiro atoms. The second-order valence-corrected chi connectivity index (χ2v) is 9.20. The number of aromatic hydroxyl groups is 1. The van der Waals surface area contributed by atoms with Crippen molar-refractivity contribution in [1.82, 2.24) is 9.88 Å². The molecule has 0 aliphatic carbocycles. The largest absolute Gasteiger partial charge is 0.506 e. The molecule has 2 N–H and O–H groups in total. The molecule has 4 rings (SSSR count). The van der Waals surface area contributed by atoms with Gasteiger partial charge in [-0.15, -0.1) is 0 Å². The number of aromatic nitrogens is 1. The summed E-state index contributed by atoms with van der Waals surface area (Å²) in [7, 11) is 0. The van der Waals surface area contributed by atoms with Crippen LogP contribution in [0.15, 0.2) is 41.2 Å².